The summed E-state index contributed by atoms with van der Waals surface area (Å²) in [5.74, 6) is -7.14. The third-order valence-electron chi connectivity index (χ3n) is 4.95. The fourth-order valence-electron chi connectivity index (χ4n) is 3.82. The molecule has 4 atom stereocenters. The lowest BCUT2D eigenvalue weighted by molar-refractivity contribution is -0.254. The van der Waals surface area contributed by atoms with Crippen LogP contribution in [0.25, 0.3) is 0 Å². The number of rotatable bonds is 8. The van der Waals surface area contributed by atoms with Crippen LogP contribution in [0.5, 0.6) is 5.75 Å². The molecule has 0 bridgehead atoms. The summed E-state index contributed by atoms with van der Waals surface area (Å²) in [6.07, 6.45) is -0.513. The number of methoxy groups -OCH3 is 1. The Bertz CT molecular complexity index is 729. The zero-order chi connectivity index (χ0) is 21.6. The van der Waals surface area contributed by atoms with Crippen LogP contribution < -0.4 is 4.74 Å². The summed E-state index contributed by atoms with van der Waals surface area (Å²) in [7, 11) is 1.51. The molecule has 0 amide bonds. The molecule has 1 N–H and O–H groups in total. The average Bonchev–Trinajstić information content (AvgIpc) is 2.67. The molecule has 1 aromatic rings. The molecule has 0 saturated heterocycles. The minimum atomic E-state index is -2.09. The van der Waals surface area contributed by atoms with Gasteiger partial charge in [0.1, 0.15) is 17.6 Å². The second kappa shape index (κ2) is 9.84. The minimum Gasteiger partial charge on any atom is -0.497 e. The maximum atomic E-state index is 12.9. The van der Waals surface area contributed by atoms with E-state index in [9.17, 15) is 19.5 Å². The summed E-state index contributed by atoms with van der Waals surface area (Å²) in [5, 5.41) is 11.1. The summed E-state index contributed by atoms with van der Waals surface area (Å²) in [6, 6.07) is 6.59. The van der Waals surface area contributed by atoms with Crippen molar-refractivity contribution >= 4 is 17.7 Å². The SMILES string of the molecule is CCOC(=O)[C@H]1C(=O)C[C@](O)(OCC)[C@@H](C(=O)OCC)[C@H]1c1ccc(OC)cc1. The summed E-state index contributed by atoms with van der Waals surface area (Å²) in [4.78, 5) is 38.5. The van der Waals surface area contributed by atoms with Gasteiger partial charge in [0, 0.05) is 12.5 Å². The lowest BCUT2D eigenvalue weighted by Gasteiger charge is -2.44. The van der Waals surface area contributed by atoms with Crippen LogP contribution in [0.2, 0.25) is 0 Å². The monoisotopic (exact) mass is 408 g/mol. The van der Waals surface area contributed by atoms with Crippen molar-refractivity contribution in [3.8, 4) is 5.75 Å². The molecule has 8 nitrogen and oxygen atoms in total. The molecular formula is C21H28O8. The van der Waals surface area contributed by atoms with Crippen LogP contribution in [-0.2, 0) is 28.6 Å². The van der Waals surface area contributed by atoms with Gasteiger partial charge >= 0.3 is 11.9 Å². The highest BCUT2D eigenvalue weighted by Gasteiger charge is 2.60. The zero-order valence-electron chi connectivity index (χ0n) is 17.2. The Kier molecular flexibility index (Phi) is 7.75. The van der Waals surface area contributed by atoms with Gasteiger partial charge < -0.3 is 24.1 Å². The molecule has 160 valence electrons. The van der Waals surface area contributed by atoms with Crippen LogP contribution in [-0.4, -0.2) is 55.5 Å². The van der Waals surface area contributed by atoms with Crippen LogP contribution in [0, 0.1) is 11.8 Å². The molecule has 1 aliphatic carbocycles. The number of benzene rings is 1. The van der Waals surface area contributed by atoms with Crippen molar-refractivity contribution in [1.82, 2.24) is 0 Å². The van der Waals surface area contributed by atoms with Gasteiger partial charge in [-0.1, -0.05) is 12.1 Å². The summed E-state index contributed by atoms with van der Waals surface area (Å²) in [5.41, 5.74) is 0.494. The molecule has 29 heavy (non-hydrogen) atoms. The number of ketones is 1. The molecule has 1 aliphatic rings. The van der Waals surface area contributed by atoms with Crippen molar-refractivity contribution < 1.29 is 38.4 Å². The van der Waals surface area contributed by atoms with Crippen molar-refractivity contribution in [3.05, 3.63) is 29.8 Å². The number of hydrogen-bond donors (Lipinski definition) is 1. The second-order valence-corrected chi connectivity index (χ2v) is 6.68. The van der Waals surface area contributed by atoms with E-state index in [2.05, 4.69) is 0 Å². The smallest absolute Gasteiger partial charge is 0.317 e. The third-order valence-corrected chi connectivity index (χ3v) is 4.95. The molecule has 1 fully saturated rings. The Balaban J connectivity index is 2.64. The fraction of sp³-hybridized carbons (Fsp3) is 0.571. The number of Topliss-reactive ketones (excluding diaryl/α,β-unsaturated/α-hetero) is 1. The molecule has 0 heterocycles. The molecule has 2 rings (SSSR count). The highest BCUT2D eigenvalue weighted by atomic mass is 16.6. The molecule has 1 aromatic carbocycles. The Morgan fingerprint density at radius 3 is 2.14 bits per heavy atom. The van der Waals surface area contributed by atoms with Crippen LogP contribution in [0.3, 0.4) is 0 Å². The topological polar surface area (TPSA) is 108 Å². The van der Waals surface area contributed by atoms with Gasteiger partial charge in [0.25, 0.3) is 0 Å². The van der Waals surface area contributed by atoms with Crippen LogP contribution in [0.1, 0.15) is 38.7 Å². The van der Waals surface area contributed by atoms with E-state index in [1.54, 1.807) is 45.0 Å². The number of carbonyl (C=O) groups excluding carboxylic acids is 3. The van der Waals surface area contributed by atoms with E-state index >= 15 is 0 Å². The number of ether oxygens (including phenoxy) is 4. The predicted molar refractivity (Wildman–Crippen MR) is 102 cm³/mol. The quantitative estimate of drug-likeness (QED) is 0.394. The Hall–Kier alpha value is -2.45. The Morgan fingerprint density at radius 2 is 1.62 bits per heavy atom. The first kappa shape index (κ1) is 22.8. The predicted octanol–water partition coefficient (Wildman–Crippen LogP) is 1.84. The first-order valence-electron chi connectivity index (χ1n) is 9.69. The number of hydrogen-bond acceptors (Lipinski definition) is 8. The van der Waals surface area contributed by atoms with E-state index in [1.165, 1.54) is 7.11 Å². The lowest BCUT2D eigenvalue weighted by atomic mass is 9.65. The molecule has 0 aromatic heterocycles. The summed E-state index contributed by atoms with van der Waals surface area (Å²) in [6.45, 7) is 5.13. The summed E-state index contributed by atoms with van der Waals surface area (Å²) >= 11 is 0. The first-order valence-corrected chi connectivity index (χ1v) is 9.69. The number of esters is 2. The molecule has 0 radical (unpaired) electrons. The molecule has 0 aliphatic heterocycles. The largest absolute Gasteiger partial charge is 0.497 e. The van der Waals surface area contributed by atoms with Crippen LogP contribution in [0.4, 0.5) is 0 Å². The van der Waals surface area contributed by atoms with Crippen molar-refractivity contribution in [3.63, 3.8) is 0 Å². The lowest BCUT2D eigenvalue weighted by Crippen LogP contribution is -2.58. The highest BCUT2D eigenvalue weighted by Crippen LogP contribution is 2.47. The van der Waals surface area contributed by atoms with Crippen molar-refractivity contribution in [2.75, 3.05) is 26.9 Å². The molecule has 8 heteroatoms. The van der Waals surface area contributed by atoms with Gasteiger partial charge in [-0.2, -0.15) is 0 Å². The van der Waals surface area contributed by atoms with Gasteiger partial charge in [-0.15, -0.1) is 0 Å². The third kappa shape index (κ3) is 4.76. The van der Waals surface area contributed by atoms with Crippen LogP contribution in [0.15, 0.2) is 24.3 Å². The second-order valence-electron chi connectivity index (χ2n) is 6.68. The van der Waals surface area contributed by atoms with Gasteiger partial charge in [-0.25, -0.2) is 0 Å². The fourth-order valence-corrected chi connectivity index (χ4v) is 3.82. The first-order chi connectivity index (χ1) is 13.8. The Morgan fingerprint density at radius 1 is 1.03 bits per heavy atom. The van der Waals surface area contributed by atoms with Crippen molar-refractivity contribution in [2.45, 2.75) is 38.9 Å². The van der Waals surface area contributed by atoms with E-state index in [0.717, 1.165) is 0 Å². The van der Waals surface area contributed by atoms with Gasteiger partial charge in [0.05, 0.1) is 26.7 Å². The van der Waals surface area contributed by atoms with E-state index in [-0.39, 0.29) is 19.8 Å². The van der Waals surface area contributed by atoms with Crippen molar-refractivity contribution in [1.29, 1.82) is 0 Å². The highest BCUT2D eigenvalue weighted by molar-refractivity contribution is 6.02. The standard InChI is InChI=1S/C21H28O8/c1-5-27-19(23)17-15(22)12-21(25,29-7-3)18(20(24)28-6-2)16(17)13-8-10-14(26-4)11-9-13/h8-11,16-18,25H,5-7,12H2,1-4H3/t16-,17-,18+,21-/m0/s1. The van der Waals surface area contributed by atoms with E-state index in [0.29, 0.717) is 11.3 Å². The molecule has 0 unspecified atom stereocenters. The van der Waals surface area contributed by atoms with Crippen LogP contribution >= 0.6 is 0 Å². The Labute approximate surface area is 170 Å². The normalized spacial score (nSPS) is 26.7. The maximum Gasteiger partial charge on any atom is 0.317 e. The van der Waals surface area contributed by atoms with Crippen molar-refractivity contribution in [2.24, 2.45) is 11.8 Å². The summed E-state index contributed by atoms with van der Waals surface area (Å²) < 4.78 is 20.9. The van der Waals surface area contributed by atoms with Gasteiger partial charge in [0.2, 0.25) is 0 Å². The van der Waals surface area contributed by atoms with E-state index in [4.69, 9.17) is 18.9 Å². The average molecular weight is 408 g/mol. The maximum absolute atomic E-state index is 12.9. The molecule has 0 spiro atoms. The number of carbonyl (C=O) groups is 3. The van der Waals surface area contributed by atoms with E-state index in [1.807, 2.05) is 0 Å². The van der Waals surface area contributed by atoms with Gasteiger partial charge in [-0.05, 0) is 38.5 Å². The minimum absolute atomic E-state index is 0.0685. The van der Waals surface area contributed by atoms with Gasteiger partial charge in [0.15, 0.2) is 11.6 Å². The molecular weight excluding hydrogens is 380 g/mol. The number of aliphatic hydroxyl groups is 1. The zero-order valence-corrected chi connectivity index (χ0v) is 17.2. The molecule has 1 saturated carbocycles. The van der Waals surface area contributed by atoms with E-state index < -0.39 is 47.7 Å². The van der Waals surface area contributed by atoms with Gasteiger partial charge in [-0.3, -0.25) is 14.4 Å².